The monoisotopic (exact) mass is 160 g/mol. The number of rotatable bonds is 1. The van der Waals surface area contributed by atoms with Crippen molar-refractivity contribution >= 4 is 0 Å². The minimum Gasteiger partial charge on any atom is -0.206 e. The summed E-state index contributed by atoms with van der Waals surface area (Å²) in [7, 11) is 0. The third-order valence-electron chi connectivity index (χ3n) is 1.48. The second-order valence-corrected chi connectivity index (χ2v) is 2.22. The van der Waals surface area contributed by atoms with E-state index in [-0.39, 0.29) is 12.0 Å². The highest BCUT2D eigenvalue weighted by atomic mass is 19.1. The van der Waals surface area contributed by atoms with E-state index in [9.17, 15) is 4.39 Å². The molecule has 3 heteroatoms. The van der Waals surface area contributed by atoms with Crippen molar-refractivity contribution in [3.05, 3.63) is 35.1 Å². The second-order valence-electron chi connectivity index (χ2n) is 2.22. The van der Waals surface area contributed by atoms with Crippen LogP contribution in [-0.2, 0) is 6.42 Å². The Bertz CT molecular complexity index is 371. The SMILES string of the molecule is N#CCc1cccc(F)c1C#N. The maximum absolute atomic E-state index is 12.8. The maximum Gasteiger partial charge on any atom is 0.141 e. The Morgan fingerprint density at radius 3 is 2.67 bits per heavy atom. The Balaban J connectivity index is 3.23. The largest absolute Gasteiger partial charge is 0.206 e. The molecule has 1 aromatic carbocycles. The van der Waals surface area contributed by atoms with E-state index in [0.29, 0.717) is 5.56 Å². The van der Waals surface area contributed by atoms with Gasteiger partial charge in [-0.25, -0.2) is 4.39 Å². The second kappa shape index (κ2) is 3.50. The average molecular weight is 160 g/mol. The summed E-state index contributed by atoms with van der Waals surface area (Å²) in [5, 5.41) is 16.9. The lowest BCUT2D eigenvalue weighted by molar-refractivity contribution is 0.622. The Morgan fingerprint density at radius 1 is 1.33 bits per heavy atom. The van der Waals surface area contributed by atoms with Crippen molar-refractivity contribution < 1.29 is 4.39 Å². The lowest BCUT2D eigenvalue weighted by Gasteiger charge is -1.97. The summed E-state index contributed by atoms with van der Waals surface area (Å²) in [6.07, 6.45) is 0.0701. The highest BCUT2D eigenvalue weighted by Crippen LogP contribution is 2.12. The van der Waals surface area contributed by atoms with Crippen LogP contribution in [0.1, 0.15) is 11.1 Å². The van der Waals surface area contributed by atoms with Crippen molar-refractivity contribution in [3.63, 3.8) is 0 Å². The molecule has 0 bridgehead atoms. The third kappa shape index (κ3) is 1.41. The van der Waals surface area contributed by atoms with Gasteiger partial charge in [0.15, 0.2) is 0 Å². The molecule has 0 aliphatic carbocycles. The molecule has 0 radical (unpaired) electrons. The Morgan fingerprint density at radius 2 is 2.08 bits per heavy atom. The topological polar surface area (TPSA) is 47.6 Å². The maximum atomic E-state index is 12.8. The molecular formula is C9H5FN2. The summed E-state index contributed by atoms with van der Waals surface area (Å²) in [4.78, 5) is 0. The molecule has 12 heavy (non-hydrogen) atoms. The Kier molecular flexibility index (Phi) is 2.40. The van der Waals surface area contributed by atoms with Crippen LogP contribution in [0.3, 0.4) is 0 Å². The molecule has 0 N–H and O–H groups in total. The summed E-state index contributed by atoms with van der Waals surface area (Å²) in [5.74, 6) is -0.565. The smallest absolute Gasteiger partial charge is 0.141 e. The number of nitrogens with zero attached hydrogens (tertiary/aromatic N) is 2. The summed E-state index contributed by atoms with van der Waals surface area (Å²) in [6, 6.07) is 7.86. The molecule has 0 saturated heterocycles. The first-order chi connectivity index (χ1) is 5.79. The van der Waals surface area contributed by atoms with Gasteiger partial charge >= 0.3 is 0 Å². The van der Waals surface area contributed by atoms with Gasteiger partial charge in [0.25, 0.3) is 0 Å². The lowest BCUT2D eigenvalue weighted by atomic mass is 10.1. The summed E-state index contributed by atoms with van der Waals surface area (Å²) in [6.45, 7) is 0. The van der Waals surface area contributed by atoms with Crippen LogP contribution < -0.4 is 0 Å². The minimum atomic E-state index is -0.565. The zero-order chi connectivity index (χ0) is 8.97. The molecule has 0 aromatic heterocycles. The quantitative estimate of drug-likeness (QED) is 0.628. The first-order valence-electron chi connectivity index (χ1n) is 3.34. The molecule has 2 nitrogen and oxygen atoms in total. The number of hydrogen-bond donors (Lipinski definition) is 0. The molecular weight excluding hydrogens is 155 g/mol. The average Bonchev–Trinajstić information content (AvgIpc) is 2.05. The van der Waals surface area contributed by atoms with Crippen LogP contribution in [0.5, 0.6) is 0 Å². The standard InChI is InChI=1S/C9H5FN2/c10-9-3-1-2-7(4-5-11)8(9)6-12/h1-3H,4H2. The molecule has 0 saturated carbocycles. The van der Waals surface area contributed by atoms with Crippen LogP contribution in [-0.4, -0.2) is 0 Å². The predicted octanol–water partition coefficient (Wildman–Crippen LogP) is 1.76. The van der Waals surface area contributed by atoms with Gasteiger partial charge in [-0.1, -0.05) is 12.1 Å². The molecule has 0 unspecified atom stereocenters. The van der Waals surface area contributed by atoms with E-state index in [1.807, 2.05) is 6.07 Å². The predicted molar refractivity (Wildman–Crippen MR) is 40.4 cm³/mol. The molecule has 1 rings (SSSR count). The van der Waals surface area contributed by atoms with E-state index in [4.69, 9.17) is 10.5 Å². The van der Waals surface area contributed by atoms with Gasteiger partial charge in [0, 0.05) is 0 Å². The number of halogens is 1. The number of benzene rings is 1. The van der Waals surface area contributed by atoms with E-state index in [1.54, 1.807) is 12.1 Å². The number of nitriles is 2. The van der Waals surface area contributed by atoms with Crippen molar-refractivity contribution in [2.24, 2.45) is 0 Å². The van der Waals surface area contributed by atoms with E-state index in [2.05, 4.69) is 0 Å². The van der Waals surface area contributed by atoms with E-state index in [1.165, 1.54) is 12.1 Å². The summed E-state index contributed by atoms with van der Waals surface area (Å²) < 4.78 is 12.8. The van der Waals surface area contributed by atoms with Crippen molar-refractivity contribution in [1.29, 1.82) is 10.5 Å². The van der Waals surface area contributed by atoms with Crippen LogP contribution in [0.2, 0.25) is 0 Å². The van der Waals surface area contributed by atoms with Gasteiger partial charge in [0.05, 0.1) is 18.1 Å². The molecule has 0 amide bonds. The molecule has 0 aliphatic heterocycles. The van der Waals surface area contributed by atoms with Gasteiger partial charge in [0.2, 0.25) is 0 Å². The van der Waals surface area contributed by atoms with Crippen molar-refractivity contribution in [2.45, 2.75) is 6.42 Å². The molecule has 0 fully saturated rings. The van der Waals surface area contributed by atoms with Gasteiger partial charge in [-0.15, -0.1) is 0 Å². The van der Waals surface area contributed by atoms with Crippen LogP contribution in [0, 0.1) is 28.5 Å². The minimum absolute atomic E-state index is 0.0287. The van der Waals surface area contributed by atoms with Crippen molar-refractivity contribution in [1.82, 2.24) is 0 Å². The van der Waals surface area contributed by atoms with Gasteiger partial charge in [-0.3, -0.25) is 0 Å². The lowest BCUT2D eigenvalue weighted by Crippen LogP contribution is -1.91. The highest BCUT2D eigenvalue weighted by molar-refractivity contribution is 5.39. The summed E-state index contributed by atoms with van der Waals surface area (Å²) in [5.41, 5.74) is 0.416. The van der Waals surface area contributed by atoms with Gasteiger partial charge in [-0.05, 0) is 11.6 Å². The van der Waals surface area contributed by atoms with E-state index < -0.39 is 5.82 Å². The van der Waals surface area contributed by atoms with Crippen LogP contribution in [0.25, 0.3) is 0 Å². The fourth-order valence-electron chi connectivity index (χ4n) is 0.926. The molecule has 0 spiro atoms. The highest BCUT2D eigenvalue weighted by Gasteiger charge is 2.05. The van der Waals surface area contributed by atoms with Crippen LogP contribution in [0.4, 0.5) is 4.39 Å². The third-order valence-corrected chi connectivity index (χ3v) is 1.48. The van der Waals surface area contributed by atoms with E-state index >= 15 is 0 Å². The molecule has 1 aromatic rings. The fraction of sp³-hybridized carbons (Fsp3) is 0.111. The van der Waals surface area contributed by atoms with Crippen molar-refractivity contribution in [3.8, 4) is 12.1 Å². The first-order valence-corrected chi connectivity index (χ1v) is 3.34. The first kappa shape index (κ1) is 8.23. The zero-order valence-electron chi connectivity index (χ0n) is 6.21. The Hall–Kier alpha value is -1.87. The molecule has 0 heterocycles. The molecule has 0 aliphatic rings. The van der Waals surface area contributed by atoms with Gasteiger partial charge < -0.3 is 0 Å². The van der Waals surface area contributed by atoms with Crippen molar-refractivity contribution in [2.75, 3.05) is 0 Å². The van der Waals surface area contributed by atoms with Gasteiger partial charge in [-0.2, -0.15) is 10.5 Å². The van der Waals surface area contributed by atoms with Gasteiger partial charge in [0.1, 0.15) is 11.9 Å². The number of hydrogen-bond acceptors (Lipinski definition) is 2. The molecule has 0 atom stereocenters. The van der Waals surface area contributed by atoms with Crippen LogP contribution >= 0.6 is 0 Å². The van der Waals surface area contributed by atoms with Crippen LogP contribution in [0.15, 0.2) is 18.2 Å². The fourth-order valence-corrected chi connectivity index (χ4v) is 0.926. The zero-order valence-corrected chi connectivity index (χ0v) is 6.21. The summed E-state index contributed by atoms with van der Waals surface area (Å²) >= 11 is 0. The van der Waals surface area contributed by atoms with E-state index in [0.717, 1.165) is 0 Å². The Labute approximate surface area is 69.5 Å². The normalized spacial score (nSPS) is 8.58. The molecule has 58 valence electrons.